The van der Waals surface area contributed by atoms with Crippen LogP contribution in [-0.4, -0.2) is 19.0 Å². The van der Waals surface area contributed by atoms with Gasteiger partial charge in [-0.2, -0.15) is 5.26 Å². The second-order valence-electron chi connectivity index (χ2n) is 5.83. The molecule has 1 aromatic carbocycles. The first kappa shape index (κ1) is 16.8. The van der Waals surface area contributed by atoms with E-state index in [0.29, 0.717) is 5.76 Å². The van der Waals surface area contributed by atoms with Crippen molar-refractivity contribution in [2.24, 2.45) is 0 Å². The van der Waals surface area contributed by atoms with Crippen molar-refractivity contribution in [3.05, 3.63) is 53.5 Å². The number of nitriles is 1. The number of nitrogens with zero attached hydrogens (tertiary/aromatic N) is 2. The summed E-state index contributed by atoms with van der Waals surface area (Å²) in [4.78, 5) is 14.3. The van der Waals surface area contributed by atoms with Crippen LogP contribution in [0.4, 0.5) is 16.0 Å². The molecule has 1 aliphatic rings. The summed E-state index contributed by atoms with van der Waals surface area (Å²) in [5.74, 6) is -0.0828. The number of hydrogen-bond donors (Lipinski definition) is 1. The van der Waals surface area contributed by atoms with Crippen LogP contribution < -0.4 is 10.2 Å². The largest absolute Gasteiger partial charge is 0.441 e. The van der Waals surface area contributed by atoms with Crippen LogP contribution in [0, 0.1) is 17.1 Å². The Balaban J connectivity index is 1.74. The Kier molecular flexibility index (Phi) is 5.14. The molecule has 1 amide bonds. The number of furan rings is 1. The van der Waals surface area contributed by atoms with Gasteiger partial charge >= 0.3 is 0 Å². The van der Waals surface area contributed by atoms with E-state index in [1.54, 1.807) is 12.1 Å². The molecule has 0 atom stereocenters. The predicted octanol–water partition coefficient (Wildman–Crippen LogP) is 3.95. The molecule has 1 saturated heterocycles. The average molecular weight is 339 g/mol. The van der Waals surface area contributed by atoms with Gasteiger partial charge in [0, 0.05) is 25.2 Å². The Labute approximate surface area is 145 Å². The lowest BCUT2D eigenvalue weighted by Gasteiger charge is -2.25. The Hall–Kier alpha value is -3.07. The van der Waals surface area contributed by atoms with Gasteiger partial charge in [-0.05, 0) is 37.5 Å². The lowest BCUT2D eigenvalue weighted by molar-refractivity contribution is -0.112. The molecule has 1 aliphatic heterocycles. The monoisotopic (exact) mass is 339 g/mol. The quantitative estimate of drug-likeness (QED) is 0.676. The van der Waals surface area contributed by atoms with E-state index in [2.05, 4.69) is 10.2 Å². The molecule has 1 N–H and O–H groups in total. The van der Waals surface area contributed by atoms with Crippen LogP contribution in [0.2, 0.25) is 0 Å². The first-order valence-corrected chi connectivity index (χ1v) is 8.20. The molecule has 0 saturated carbocycles. The van der Waals surface area contributed by atoms with Gasteiger partial charge in [0.15, 0.2) is 5.88 Å². The van der Waals surface area contributed by atoms with E-state index in [1.165, 1.54) is 30.7 Å². The van der Waals surface area contributed by atoms with Gasteiger partial charge in [0.1, 0.15) is 23.2 Å². The van der Waals surface area contributed by atoms with Crippen molar-refractivity contribution >= 4 is 23.6 Å². The lowest BCUT2D eigenvalue weighted by Crippen LogP contribution is -2.28. The molecule has 1 fully saturated rings. The number of para-hydroxylation sites is 1. The number of rotatable bonds is 4. The maximum absolute atomic E-state index is 13.6. The van der Waals surface area contributed by atoms with E-state index >= 15 is 0 Å². The molecule has 0 aliphatic carbocycles. The van der Waals surface area contributed by atoms with Gasteiger partial charge in [0.05, 0.1) is 5.69 Å². The summed E-state index contributed by atoms with van der Waals surface area (Å²) in [6.07, 6.45) is 4.84. The number of carbonyl (C=O) groups excluding carboxylic acids is 1. The molecule has 2 heterocycles. The fourth-order valence-corrected chi connectivity index (χ4v) is 2.75. The van der Waals surface area contributed by atoms with Gasteiger partial charge in [-0.1, -0.05) is 12.1 Å². The minimum Gasteiger partial charge on any atom is -0.441 e. The fraction of sp³-hybridized carbons (Fsp3) is 0.263. The topological polar surface area (TPSA) is 69.3 Å². The van der Waals surface area contributed by atoms with Gasteiger partial charge in [0.25, 0.3) is 5.91 Å². The summed E-state index contributed by atoms with van der Waals surface area (Å²) in [6.45, 7) is 1.88. The molecule has 128 valence electrons. The number of piperidine rings is 1. The fourth-order valence-electron chi connectivity index (χ4n) is 2.75. The highest BCUT2D eigenvalue weighted by Crippen LogP contribution is 2.24. The van der Waals surface area contributed by atoms with Crippen LogP contribution in [0.5, 0.6) is 0 Å². The van der Waals surface area contributed by atoms with Crippen LogP contribution >= 0.6 is 0 Å². The first-order valence-electron chi connectivity index (χ1n) is 8.20. The Morgan fingerprint density at radius 1 is 1.20 bits per heavy atom. The number of anilines is 2. The van der Waals surface area contributed by atoms with Crippen LogP contribution in [0.25, 0.3) is 6.08 Å². The molecule has 5 nitrogen and oxygen atoms in total. The molecule has 6 heteroatoms. The normalized spacial score (nSPS) is 14.9. The minimum absolute atomic E-state index is 0.0297. The van der Waals surface area contributed by atoms with Crippen LogP contribution in [-0.2, 0) is 4.79 Å². The Morgan fingerprint density at radius 3 is 2.68 bits per heavy atom. The van der Waals surface area contributed by atoms with Crippen molar-refractivity contribution in [2.45, 2.75) is 19.3 Å². The number of hydrogen-bond acceptors (Lipinski definition) is 4. The van der Waals surface area contributed by atoms with Crippen molar-refractivity contribution < 1.29 is 13.6 Å². The van der Waals surface area contributed by atoms with E-state index in [0.717, 1.165) is 31.8 Å². The Bertz CT molecular complexity index is 829. The minimum atomic E-state index is -0.677. The lowest BCUT2D eigenvalue weighted by atomic mass is 10.1. The van der Waals surface area contributed by atoms with E-state index in [-0.39, 0.29) is 11.3 Å². The van der Waals surface area contributed by atoms with Crippen molar-refractivity contribution in [1.82, 2.24) is 0 Å². The number of carbonyl (C=O) groups is 1. The highest BCUT2D eigenvalue weighted by Gasteiger charge is 2.16. The van der Waals surface area contributed by atoms with Gasteiger partial charge < -0.3 is 14.6 Å². The molecular weight excluding hydrogens is 321 g/mol. The number of benzene rings is 1. The summed E-state index contributed by atoms with van der Waals surface area (Å²) in [5, 5.41) is 11.6. The summed E-state index contributed by atoms with van der Waals surface area (Å²) in [5.41, 5.74) is -0.120. The van der Waals surface area contributed by atoms with E-state index in [4.69, 9.17) is 4.42 Å². The third-order valence-electron chi connectivity index (χ3n) is 4.05. The summed E-state index contributed by atoms with van der Waals surface area (Å²) < 4.78 is 19.3. The zero-order valence-electron chi connectivity index (χ0n) is 13.7. The third-order valence-corrected chi connectivity index (χ3v) is 4.05. The molecule has 0 radical (unpaired) electrons. The second kappa shape index (κ2) is 7.67. The van der Waals surface area contributed by atoms with Crippen molar-refractivity contribution in [2.75, 3.05) is 23.3 Å². The van der Waals surface area contributed by atoms with Crippen LogP contribution in [0.15, 0.2) is 46.4 Å². The summed E-state index contributed by atoms with van der Waals surface area (Å²) in [7, 11) is 0. The van der Waals surface area contributed by atoms with Crippen molar-refractivity contribution in [3.63, 3.8) is 0 Å². The van der Waals surface area contributed by atoms with Gasteiger partial charge in [-0.25, -0.2) is 4.39 Å². The van der Waals surface area contributed by atoms with Gasteiger partial charge in [-0.15, -0.1) is 0 Å². The van der Waals surface area contributed by atoms with Gasteiger partial charge in [0.2, 0.25) is 0 Å². The maximum Gasteiger partial charge on any atom is 0.266 e. The zero-order chi connectivity index (χ0) is 17.6. The first-order chi connectivity index (χ1) is 12.2. The molecule has 0 bridgehead atoms. The highest BCUT2D eigenvalue weighted by atomic mass is 19.1. The number of halogens is 1. The van der Waals surface area contributed by atoms with E-state index in [9.17, 15) is 14.4 Å². The Morgan fingerprint density at radius 2 is 1.96 bits per heavy atom. The SMILES string of the molecule is N#CC(=Cc1ccc(N2CCCCC2)o1)C(=O)Nc1ccccc1F. The van der Waals surface area contributed by atoms with Crippen molar-refractivity contribution in [3.8, 4) is 6.07 Å². The standard InChI is InChI=1S/C19H18FN3O2/c20-16-6-2-3-7-17(16)22-19(24)14(13-21)12-15-8-9-18(25-15)23-10-4-1-5-11-23/h2-3,6-9,12H,1,4-5,10-11H2,(H,22,24). The maximum atomic E-state index is 13.6. The number of nitrogens with one attached hydrogen (secondary N) is 1. The van der Waals surface area contributed by atoms with E-state index in [1.807, 2.05) is 12.1 Å². The highest BCUT2D eigenvalue weighted by molar-refractivity contribution is 6.09. The average Bonchev–Trinajstić information content (AvgIpc) is 3.11. The molecule has 1 aromatic heterocycles. The molecule has 0 spiro atoms. The second-order valence-corrected chi connectivity index (χ2v) is 5.83. The summed E-state index contributed by atoms with van der Waals surface area (Å²) >= 11 is 0. The number of amides is 1. The molecule has 25 heavy (non-hydrogen) atoms. The molecular formula is C19H18FN3O2. The van der Waals surface area contributed by atoms with E-state index < -0.39 is 11.7 Å². The summed E-state index contributed by atoms with van der Waals surface area (Å²) in [6, 6.07) is 11.2. The third kappa shape index (κ3) is 4.07. The molecule has 3 rings (SSSR count). The molecule has 0 unspecified atom stereocenters. The molecule has 2 aromatic rings. The van der Waals surface area contributed by atoms with Gasteiger partial charge in [-0.3, -0.25) is 4.79 Å². The zero-order valence-corrected chi connectivity index (χ0v) is 13.7. The van der Waals surface area contributed by atoms with Crippen LogP contribution in [0.1, 0.15) is 25.0 Å². The smallest absolute Gasteiger partial charge is 0.266 e. The van der Waals surface area contributed by atoms with Crippen molar-refractivity contribution in [1.29, 1.82) is 5.26 Å². The predicted molar refractivity (Wildman–Crippen MR) is 93.4 cm³/mol. The van der Waals surface area contributed by atoms with Crippen LogP contribution in [0.3, 0.4) is 0 Å².